The third kappa shape index (κ3) is 4.19. The maximum Gasteiger partial charge on any atom is 0.416 e. The Balaban J connectivity index is 1.66. The van der Waals surface area contributed by atoms with Crippen molar-refractivity contribution in [3.05, 3.63) is 76.2 Å². The number of nitrogens with zero attached hydrogens (tertiary/aromatic N) is 4. The quantitative estimate of drug-likeness (QED) is 0.437. The summed E-state index contributed by atoms with van der Waals surface area (Å²) in [5, 5.41) is 9.32. The van der Waals surface area contributed by atoms with Gasteiger partial charge in [-0.1, -0.05) is 0 Å². The molecule has 1 atom stereocenters. The van der Waals surface area contributed by atoms with E-state index >= 15 is 0 Å². The van der Waals surface area contributed by atoms with Gasteiger partial charge in [0.1, 0.15) is 11.6 Å². The highest BCUT2D eigenvalue weighted by atomic mass is 19.4. The topological polar surface area (TPSA) is 106 Å². The first-order valence-electron chi connectivity index (χ1n) is 9.67. The number of methoxy groups -OCH3 is 1. The van der Waals surface area contributed by atoms with Gasteiger partial charge in [-0.2, -0.15) is 18.3 Å². The second kappa shape index (κ2) is 8.57. The average Bonchev–Trinajstić information content (AvgIpc) is 3.22. The Labute approximate surface area is 188 Å². The molecule has 0 saturated carbocycles. The lowest BCUT2D eigenvalue weighted by molar-refractivity contribution is -0.137. The number of nitrogens with one attached hydrogen (secondary N) is 1. The lowest BCUT2D eigenvalue weighted by Gasteiger charge is -2.30. The van der Waals surface area contributed by atoms with Gasteiger partial charge >= 0.3 is 6.18 Å². The second-order valence-electron chi connectivity index (χ2n) is 7.23. The molecular formula is C21H15F4N5O4. The smallest absolute Gasteiger partial charge is 0.416 e. The number of carbonyl (C=O) groups excluding carboxylic acids is 2. The van der Waals surface area contributed by atoms with Crippen LogP contribution < -0.4 is 15.0 Å². The minimum atomic E-state index is -4.56. The summed E-state index contributed by atoms with van der Waals surface area (Å²) in [5.41, 5.74) is -1.23. The van der Waals surface area contributed by atoms with Crippen molar-refractivity contribution in [3.8, 4) is 5.75 Å². The average molecular weight is 477 g/mol. The van der Waals surface area contributed by atoms with Crippen LogP contribution in [0.4, 0.5) is 28.9 Å². The number of ether oxygens (including phenoxy) is 1. The number of aromatic nitrogens is 2. The van der Waals surface area contributed by atoms with E-state index in [1.807, 2.05) is 0 Å². The van der Waals surface area contributed by atoms with Gasteiger partial charge in [-0.25, -0.2) is 9.07 Å². The van der Waals surface area contributed by atoms with E-state index in [1.165, 1.54) is 13.2 Å². The van der Waals surface area contributed by atoms with Gasteiger partial charge in [-0.3, -0.25) is 9.59 Å². The Morgan fingerprint density at radius 3 is 2.53 bits per heavy atom. The monoisotopic (exact) mass is 477 g/mol. The third-order valence-electron chi connectivity index (χ3n) is 5.12. The number of carbonyl (C=O) groups is 2. The standard InChI is InChI=1S/C21H15F4N5O4/c1-34-15-7-11(6-13(22)8-15)19(31)27-16-9-26-30-17(28-33)10-29(20(32)18(16)30)14-4-2-12(3-5-14)21(23,24)25/h2-9,17H,10H2,1H3,(H,27,31)/t17-/m1/s1. The van der Waals surface area contributed by atoms with Crippen molar-refractivity contribution >= 4 is 23.2 Å². The first-order chi connectivity index (χ1) is 16.1. The van der Waals surface area contributed by atoms with Crippen LogP contribution in [0.1, 0.15) is 32.6 Å². The molecule has 1 aromatic heterocycles. The van der Waals surface area contributed by atoms with E-state index in [1.54, 1.807) is 0 Å². The van der Waals surface area contributed by atoms with Gasteiger partial charge in [0, 0.05) is 17.3 Å². The summed E-state index contributed by atoms with van der Waals surface area (Å²) in [7, 11) is 1.30. The number of nitroso groups, excluding NO2 is 1. The lowest BCUT2D eigenvalue weighted by atomic mass is 10.1. The van der Waals surface area contributed by atoms with Crippen molar-refractivity contribution in [2.45, 2.75) is 12.3 Å². The zero-order valence-electron chi connectivity index (χ0n) is 17.3. The van der Waals surface area contributed by atoms with E-state index in [4.69, 9.17) is 4.74 Å². The summed E-state index contributed by atoms with van der Waals surface area (Å²) in [4.78, 5) is 38.3. The third-order valence-corrected chi connectivity index (χ3v) is 5.12. The molecule has 1 aliphatic heterocycles. The van der Waals surface area contributed by atoms with Crippen molar-refractivity contribution in [2.75, 3.05) is 23.9 Å². The molecule has 9 nitrogen and oxygen atoms in total. The summed E-state index contributed by atoms with van der Waals surface area (Å²) in [6.45, 7) is -0.281. The molecule has 176 valence electrons. The summed E-state index contributed by atoms with van der Waals surface area (Å²) < 4.78 is 58.4. The largest absolute Gasteiger partial charge is 0.497 e. The van der Waals surface area contributed by atoms with E-state index in [0.717, 1.165) is 52.2 Å². The lowest BCUT2D eigenvalue weighted by Crippen LogP contribution is -2.43. The molecule has 3 aromatic rings. The molecule has 0 unspecified atom stereocenters. The van der Waals surface area contributed by atoms with E-state index in [0.29, 0.717) is 0 Å². The molecule has 4 rings (SSSR count). The van der Waals surface area contributed by atoms with Crippen LogP contribution in [0.3, 0.4) is 0 Å². The van der Waals surface area contributed by atoms with Gasteiger partial charge in [0.15, 0.2) is 5.69 Å². The number of fused-ring (bicyclic) bond motifs is 1. The SMILES string of the molecule is COc1cc(F)cc(C(=O)Nc2cnn3c2C(=O)N(c2ccc(C(F)(F)F)cc2)C[C@@H]3N=O)c1. The number of benzene rings is 2. The van der Waals surface area contributed by atoms with E-state index in [9.17, 15) is 32.1 Å². The molecule has 0 aliphatic carbocycles. The highest BCUT2D eigenvalue weighted by Crippen LogP contribution is 2.34. The van der Waals surface area contributed by atoms with Crippen LogP contribution in [0.15, 0.2) is 53.8 Å². The normalized spacial score (nSPS) is 15.6. The first-order valence-corrected chi connectivity index (χ1v) is 9.67. The van der Waals surface area contributed by atoms with Gasteiger partial charge in [-0.15, -0.1) is 4.91 Å². The van der Waals surface area contributed by atoms with Gasteiger partial charge in [0.05, 0.1) is 31.1 Å². The van der Waals surface area contributed by atoms with Crippen molar-refractivity contribution < 1.29 is 31.9 Å². The minimum absolute atomic E-state index is 0.0891. The molecular weight excluding hydrogens is 462 g/mol. The zero-order chi connectivity index (χ0) is 24.6. The molecule has 34 heavy (non-hydrogen) atoms. The van der Waals surface area contributed by atoms with Gasteiger partial charge in [-0.05, 0) is 41.6 Å². The Morgan fingerprint density at radius 1 is 1.21 bits per heavy atom. The number of alkyl halides is 3. The number of rotatable bonds is 5. The molecule has 0 saturated heterocycles. The first kappa shape index (κ1) is 22.9. The van der Waals surface area contributed by atoms with Gasteiger partial charge in [0.25, 0.3) is 11.8 Å². The highest BCUT2D eigenvalue weighted by Gasteiger charge is 2.37. The predicted molar refractivity (Wildman–Crippen MR) is 111 cm³/mol. The van der Waals surface area contributed by atoms with E-state index in [-0.39, 0.29) is 34.9 Å². The number of halogens is 4. The number of hydrogen-bond donors (Lipinski definition) is 1. The highest BCUT2D eigenvalue weighted by molar-refractivity contribution is 6.13. The number of amides is 2. The van der Waals surface area contributed by atoms with Crippen molar-refractivity contribution in [3.63, 3.8) is 0 Å². The second-order valence-corrected chi connectivity index (χ2v) is 7.23. The maximum atomic E-state index is 13.8. The van der Waals surface area contributed by atoms with Gasteiger partial charge < -0.3 is 15.0 Å². The molecule has 0 spiro atoms. The Morgan fingerprint density at radius 2 is 1.91 bits per heavy atom. The van der Waals surface area contributed by atoms with E-state index in [2.05, 4.69) is 15.6 Å². The molecule has 0 bridgehead atoms. The van der Waals surface area contributed by atoms with Crippen LogP contribution in [-0.4, -0.2) is 35.2 Å². The Kier molecular flexibility index (Phi) is 5.77. The number of hydrogen-bond acceptors (Lipinski definition) is 6. The summed E-state index contributed by atoms with van der Waals surface area (Å²) in [5.74, 6) is -2.15. The van der Waals surface area contributed by atoms with Crippen LogP contribution in [0.25, 0.3) is 0 Å². The minimum Gasteiger partial charge on any atom is -0.497 e. The van der Waals surface area contributed by atoms with Crippen LogP contribution >= 0.6 is 0 Å². The van der Waals surface area contributed by atoms with Crippen molar-refractivity contribution in [2.24, 2.45) is 5.18 Å². The fraction of sp³-hybridized carbons (Fsp3) is 0.190. The molecule has 2 aromatic carbocycles. The Bertz CT molecular complexity index is 1270. The molecule has 0 radical (unpaired) electrons. The van der Waals surface area contributed by atoms with Crippen LogP contribution in [-0.2, 0) is 6.18 Å². The van der Waals surface area contributed by atoms with Crippen LogP contribution in [0.5, 0.6) is 5.75 Å². The fourth-order valence-corrected chi connectivity index (χ4v) is 3.48. The molecule has 13 heteroatoms. The molecule has 2 amide bonds. The van der Waals surface area contributed by atoms with E-state index < -0.39 is 35.5 Å². The predicted octanol–water partition coefficient (Wildman–Crippen LogP) is 4.23. The fourth-order valence-electron chi connectivity index (χ4n) is 3.48. The number of anilines is 2. The zero-order valence-corrected chi connectivity index (χ0v) is 17.3. The molecule has 2 heterocycles. The molecule has 1 aliphatic rings. The van der Waals surface area contributed by atoms with Gasteiger partial charge in [0.2, 0.25) is 6.17 Å². The molecule has 1 N–H and O–H groups in total. The van der Waals surface area contributed by atoms with Crippen LogP contribution in [0, 0.1) is 10.7 Å². The van der Waals surface area contributed by atoms with Crippen LogP contribution in [0.2, 0.25) is 0 Å². The maximum absolute atomic E-state index is 13.8. The molecule has 0 fully saturated rings. The summed E-state index contributed by atoms with van der Waals surface area (Å²) >= 11 is 0. The Hall–Kier alpha value is -4.29. The van der Waals surface area contributed by atoms with Crippen molar-refractivity contribution in [1.29, 1.82) is 0 Å². The van der Waals surface area contributed by atoms with Crippen molar-refractivity contribution in [1.82, 2.24) is 9.78 Å². The summed E-state index contributed by atoms with van der Waals surface area (Å²) in [6.07, 6.45) is -4.64. The summed E-state index contributed by atoms with van der Waals surface area (Å²) in [6, 6.07) is 7.10.